The number of amides is 1. The maximum Gasteiger partial charge on any atom is 0.273 e. The number of fused-ring (bicyclic) bond motifs is 1. The number of nitrogens with zero attached hydrogens (tertiary/aromatic N) is 6. The predicted molar refractivity (Wildman–Crippen MR) is 140 cm³/mol. The fourth-order valence-corrected chi connectivity index (χ4v) is 4.23. The molecule has 1 aliphatic heterocycles. The second-order valence-corrected chi connectivity index (χ2v) is 10.5. The fraction of sp³-hybridized carbons (Fsp3) is 0.370. The Morgan fingerprint density at radius 2 is 1.92 bits per heavy atom. The molecule has 192 valence electrons. The van der Waals surface area contributed by atoms with Crippen LogP contribution in [0.1, 0.15) is 53.8 Å². The van der Waals surface area contributed by atoms with E-state index in [2.05, 4.69) is 54.9 Å². The maximum absolute atomic E-state index is 12.6. The Balaban J connectivity index is 1.25. The molecular formula is C27H32N8O2. The second kappa shape index (κ2) is 9.78. The highest BCUT2D eigenvalue weighted by atomic mass is 16.5. The van der Waals surface area contributed by atoms with Crippen molar-refractivity contribution in [2.24, 2.45) is 0 Å². The van der Waals surface area contributed by atoms with E-state index >= 15 is 0 Å². The first-order chi connectivity index (χ1) is 17.7. The fourth-order valence-electron chi connectivity index (χ4n) is 4.23. The van der Waals surface area contributed by atoms with Gasteiger partial charge in [-0.05, 0) is 31.2 Å². The van der Waals surface area contributed by atoms with Crippen LogP contribution < -0.4 is 10.6 Å². The number of rotatable bonds is 6. The van der Waals surface area contributed by atoms with E-state index in [1.807, 2.05) is 50.6 Å². The summed E-state index contributed by atoms with van der Waals surface area (Å²) in [5.74, 6) is 1.88. The van der Waals surface area contributed by atoms with Gasteiger partial charge in [0, 0.05) is 48.8 Å². The van der Waals surface area contributed by atoms with Gasteiger partial charge in [-0.15, -0.1) is 0 Å². The van der Waals surface area contributed by atoms with E-state index in [-0.39, 0.29) is 17.0 Å². The first-order valence-electron chi connectivity index (χ1n) is 12.4. The highest BCUT2D eigenvalue weighted by Gasteiger charge is 2.22. The molecule has 37 heavy (non-hydrogen) atoms. The zero-order valence-electron chi connectivity index (χ0n) is 21.9. The van der Waals surface area contributed by atoms with Crippen molar-refractivity contribution in [2.75, 3.05) is 18.9 Å². The molecule has 0 fully saturated rings. The standard InChI is InChI=1S/C27H32N8O2/c1-17-10-18(6-7-19(17)14-28-26(36)22-12-23(37-33-22)27(2,3)4)21-13-24(30-16-29-21)31-25-11-20-15-34(5)8-9-35(20)32-25/h6-7,10-13,16H,8-9,14-15H2,1-5H3,(H,28,36)(H,29,30,31,32). The first-order valence-corrected chi connectivity index (χ1v) is 12.4. The van der Waals surface area contributed by atoms with Crippen molar-refractivity contribution in [2.45, 2.75) is 52.7 Å². The summed E-state index contributed by atoms with van der Waals surface area (Å²) in [6.45, 7) is 11.2. The Hall–Kier alpha value is -4.05. The van der Waals surface area contributed by atoms with E-state index in [0.717, 1.165) is 47.8 Å². The van der Waals surface area contributed by atoms with Gasteiger partial charge in [0.1, 0.15) is 17.9 Å². The molecule has 0 saturated carbocycles. The van der Waals surface area contributed by atoms with Crippen LogP contribution in [0.5, 0.6) is 0 Å². The van der Waals surface area contributed by atoms with Gasteiger partial charge in [0.05, 0.1) is 17.9 Å². The summed E-state index contributed by atoms with van der Waals surface area (Å²) in [6.07, 6.45) is 1.55. The molecule has 10 nitrogen and oxygen atoms in total. The molecule has 0 saturated heterocycles. The lowest BCUT2D eigenvalue weighted by Crippen LogP contribution is -2.30. The molecule has 4 heterocycles. The quantitative estimate of drug-likeness (QED) is 0.408. The van der Waals surface area contributed by atoms with Crippen molar-refractivity contribution >= 4 is 17.5 Å². The minimum absolute atomic E-state index is 0.205. The number of aryl methyl sites for hydroxylation is 1. The van der Waals surface area contributed by atoms with Crippen molar-refractivity contribution in [3.05, 3.63) is 71.0 Å². The average Bonchev–Trinajstić information content (AvgIpc) is 3.50. The Kier molecular flexibility index (Phi) is 6.51. The number of hydrogen-bond donors (Lipinski definition) is 2. The SMILES string of the molecule is Cc1cc(-c2cc(Nc3cc4n(n3)CCN(C)C4)ncn2)ccc1CNC(=O)c1cc(C(C)(C)C)on1. The van der Waals surface area contributed by atoms with Gasteiger partial charge >= 0.3 is 0 Å². The Bertz CT molecular complexity index is 1430. The van der Waals surface area contributed by atoms with Crippen molar-refractivity contribution in [1.29, 1.82) is 0 Å². The smallest absolute Gasteiger partial charge is 0.273 e. The van der Waals surface area contributed by atoms with Gasteiger partial charge in [0.2, 0.25) is 0 Å². The number of hydrogen-bond acceptors (Lipinski definition) is 8. The summed E-state index contributed by atoms with van der Waals surface area (Å²) in [5, 5.41) is 14.8. The van der Waals surface area contributed by atoms with Crippen LogP contribution in [-0.4, -0.2) is 49.3 Å². The van der Waals surface area contributed by atoms with E-state index in [1.54, 1.807) is 12.4 Å². The van der Waals surface area contributed by atoms with E-state index < -0.39 is 0 Å². The minimum atomic E-state index is -0.262. The third-order valence-corrected chi connectivity index (χ3v) is 6.47. The van der Waals surface area contributed by atoms with Gasteiger partial charge in [0.25, 0.3) is 5.91 Å². The monoisotopic (exact) mass is 500 g/mol. The topological polar surface area (TPSA) is 114 Å². The van der Waals surface area contributed by atoms with Gasteiger partial charge in [-0.3, -0.25) is 14.4 Å². The van der Waals surface area contributed by atoms with Crippen LogP contribution in [0.15, 0.2) is 47.2 Å². The second-order valence-electron chi connectivity index (χ2n) is 10.5. The summed E-state index contributed by atoms with van der Waals surface area (Å²) in [6, 6.07) is 11.7. The van der Waals surface area contributed by atoms with Crippen molar-refractivity contribution in [3.8, 4) is 11.3 Å². The van der Waals surface area contributed by atoms with Gasteiger partial charge in [-0.25, -0.2) is 9.97 Å². The van der Waals surface area contributed by atoms with Crippen molar-refractivity contribution in [1.82, 2.24) is 35.1 Å². The van der Waals surface area contributed by atoms with Crippen LogP contribution in [0.4, 0.5) is 11.6 Å². The third kappa shape index (κ3) is 5.54. The zero-order chi connectivity index (χ0) is 26.2. The summed E-state index contributed by atoms with van der Waals surface area (Å²) in [7, 11) is 2.11. The number of aromatic nitrogens is 5. The molecule has 0 spiro atoms. The van der Waals surface area contributed by atoms with Crippen LogP contribution in [0, 0.1) is 6.92 Å². The molecule has 3 aromatic heterocycles. The molecule has 1 aliphatic rings. The van der Waals surface area contributed by atoms with Gasteiger partial charge in [0.15, 0.2) is 11.5 Å². The molecule has 0 radical (unpaired) electrons. The molecule has 5 rings (SSSR count). The highest BCUT2D eigenvalue weighted by molar-refractivity contribution is 5.92. The summed E-state index contributed by atoms with van der Waals surface area (Å²) < 4.78 is 7.37. The summed E-state index contributed by atoms with van der Waals surface area (Å²) >= 11 is 0. The zero-order valence-corrected chi connectivity index (χ0v) is 21.9. The molecule has 1 amide bonds. The van der Waals surface area contributed by atoms with Gasteiger partial charge in [-0.2, -0.15) is 5.10 Å². The summed E-state index contributed by atoms with van der Waals surface area (Å²) in [5.41, 5.74) is 5.09. The van der Waals surface area contributed by atoms with Crippen LogP contribution in [-0.2, 0) is 25.0 Å². The Morgan fingerprint density at radius 1 is 1.08 bits per heavy atom. The normalized spacial score (nSPS) is 13.9. The highest BCUT2D eigenvalue weighted by Crippen LogP contribution is 2.25. The van der Waals surface area contributed by atoms with Crippen LogP contribution in [0.3, 0.4) is 0 Å². The van der Waals surface area contributed by atoms with Gasteiger partial charge in [-0.1, -0.05) is 38.1 Å². The van der Waals surface area contributed by atoms with E-state index in [4.69, 9.17) is 4.52 Å². The minimum Gasteiger partial charge on any atom is -0.360 e. The Labute approximate surface area is 216 Å². The molecule has 4 aromatic rings. The number of likely N-dealkylation sites (N-methyl/N-ethyl adjacent to an activating group) is 1. The first kappa shape index (κ1) is 24.6. The number of anilines is 2. The lowest BCUT2D eigenvalue weighted by Gasteiger charge is -2.22. The van der Waals surface area contributed by atoms with Gasteiger partial charge < -0.3 is 15.2 Å². The summed E-state index contributed by atoms with van der Waals surface area (Å²) in [4.78, 5) is 23.7. The maximum atomic E-state index is 12.6. The van der Waals surface area contributed by atoms with Crippen molar-refractivity contribution in [3.63, 3.8) is 0 Å². The van der Waals surface area contributed by atoms with Crippen LogP contribution >= 0.6 is 0 Å². The van der Waals surface area contributed by atoms with E-state index in [1.165, 1.54) is 5.69 Å². The molecular weight excluding hydrogens is 468 g/mol. The van der Waals surface area contributed by atoms with Crippen LogP contribution in [0.25, 0.3) is 11.3 Å². The number of benzene rings is 1. The third-order valence-electron chi connectivity index (χ3n) is 6.47. The average molecular weight is 501 g/mol. The molecule has 0 bridgehead atoms. The van der Waals surface area contributed by atoms with Crippen molar-refractivity contribution < 1.29 is 9.32 Å². The molecule has 0 atom stereocenters. The lowest BCUT2D eigenvalue weighted by atomic mass is 9.93. The molecule has 1 aromatic carbocycles. The van der Waals surface area contributed by atoms with Crippen LogP contribution in [0.2, 0.25) is 0 Å². The number of carbonyl (C=O) groups is 1. The van der Waals surface area contributed by atoms with E-state index in [9.17, 15) is 4.79 Å². The largest absolute Gasteiger partial charge is 0.360 e. The number of nitrogens with one attached hydrogen (secondary N) is 2. The molecule has 0 unspecified atom stereocenters. The molecule has 0 aliphatic carbocycles. The van der Waals surface area contributed by atoms with E-state index in [0.29, 0.717) is 18.1 Å². The number of carbonyl (C=O) groups excluding carboxylic acids is 1. The molecule has 2 N–H and O–H groups in total. The lowest BCUT2D eigenvalue weighted by molar-refractivity contribution is 0.0941. The predicted octanol–water partition coefficient (Wildman–Crippen LogP) is 4.05. The molecule has 10 heteroatoms. The Morgan fingerprint density at radius 3 is 2.68 bits per heavy atom.